The summed E-state index contributed by atoms with van der Waals surface area (Å²) in [5.41, 5.74) is 0. The molecule has 2 aliphatic rings. The topological polar surface area (TPSA) is 58.6 Å². The number of hydrogen-bond donors (Lipinski definition) is 1. The maximum atomic E-state index is 11.9. The summed E-state index contributed by atoms with van der Waals surface area (Å²) in [7, 11) is -3.04. The molecule has 0 aromatic rings. The summed E-state index contributed by atoms with van der Waals surface area (Å²) in [5, 5.41) is 3.39. The van der Waals surface area contributed by atoms with Crippen LogP contribution in [0.25, 0.3) is 0 Å². The van der Waals surface area contributed by atoms with E-state index in [0.717, 1.165) is 19.4 Å². The molecule has 0 aromatic carbocycles. The minimum atomic E-state index is -3.04. The maximum absolute atomic E-state index is 11.9. The summed E-state index contributed by atoms with van der Waals surface area (Å²) in [4.78, 5) is 0. The van der Waals surface area contributed by atoms with E-state index in [-0.39, 0.29) is 5.75 Å². The Balaban J connectivity index is 1.61. The third kappa shape index (κ3) is 4.54. The van der Waals surface area contributed by atoms with E-state index >= 15 is 0 Å². The molecule has 0 aromatic heterocycles. The molecular weight excluding hydrogens is 240 g/mol. The Morgan fingerprint density at radius 2 is 1.88 bits per heavy atom. The first-order chi connectivity index (χ1) is 8.18. The molecule has 6 heteroatoms. The molecule has 0 radical (unpaired) electrons. The second kappa shape index (κ2) is 6.13. The van der Waals surface area contributed by atoms with Gasteiger partial charge in [0.05, 0.1) is 19.0 Å². The molecule has 1 aliphatic heterocycles. The minimum Gasteiger partial charge on any atom is -0.379 e. The molecule has 5 nitrogen and oxygen atoms in total. The smallest absolute Gasteiger partial charge is 0.214 e. The zero-order chi connectivity index (χ0) is 12.1. The van der Waals surface area contributed by atoms with Gasteiger partial charge in [-0.1, -0.05) is 0 Å². The van der Waals surface area contributed by atoms with E-state index in [1.165, 1.54) is 12.8 Å². The molecule has 0 atom stereocenters. The second-order valence-electron chi connectivity index (χ2n) is 4.76. The van der Waals surface area contributed by atoms with Gasteiger partial charge in [0.25, 0.3) is 0 Å². The summed E-state index contributed by atoms with van der Waals surface area (Å²) in [6.45, 7) is 3.04. The fourth-order valence-corrected chi connectivity index (χ4v) is 3.49. The number of sulfonamides is 1. The molecule has 0 amide bonds. The van der Waals surface area contributed by atoms with Crippen LogP contribution in [-0.4, -0.2) is 57.4 Å². The van der Waals surface area contributed by atoms with E-state index in [9.17, 15) is 8.42 Å². The van der Waals surface area contributed by atoms with Gasteiger partial charge in [0.2, 0.25) is 10.0 Å². The van der Waals surface area contributed by atoms with Gasteiger partial charge in [0, 0.05) is 19.1 Å². The number of nitrogens with one attached hydrogen (secondary N) is 1. The van der Waals surface area contributed by atoms with Gasteiger partial charge in [0.15, 0.2) is 0 Å². The van der Waals surface area contributed by atoms with Gasteiger partial charge in [-0.15, -0.1) is 0 Å². The lowest BCUT2D eigenvalue weighted by molar-refractivity contribution is 0.0730. The van der Waals surface area contributed by atoms with Crippen molar-refractivity contribution in [1.82, 2.24) is 9.62 Å². The summed E-state index contributed by atoms with van der Waals surface area (Å²) in [6.07, 6.45) is 4.26. The lowest BCUT2D eigenvalue weighted by Gasteiger charge is -2.26. The van der Waals surface area contributed by atoms with E-state index in [1.54, 1.807) is 4.31 Å². The van der Waals surface area contributed by atoms with Crippen LogP contribution < -0.4 is 5.32 Å². The summed E-state index contributed by atoms with van der Waals surface area (Å²) in [5.74, 6) is 0.277. The van der Waals surface area contributed by atoms with Crippen LogP contribution in [0.15, 0.2) is 0 Å². The van der Waals surface area contributed by atoms with Crippen molar-refractivity contribution in [3.8, 4) is 0 Å². The van der Waals surface area contributed by atoms with Crippen molar-refractivity contribution < 1.29 is 13.2 Å². The average molecular weight is 262 g/mol. The van der Waals surface area contributed by atoms with Crippen LogP contribution in [0.1, 0.15) is 25.7 Å². The Hall–Kier alpha value is -0.170. The zero-order valence-electron chi connectivity index (χ0n) is 10.2. The Bertz CT molecular complexity index is 322. The predicted octanol–water partition coefficient (Wildman–Crippen LogP) is 0.181. The van der Waals surface area contributed by atoms with E-state index in [4.69, 9.17) is 4.74 Å². The quantitative estimate of drug-likeness (QED) is 0.665. The summed E-state index contributed by atoms with van der Waals surface area (Å²) in [6, 6.07) is 0.714. The molecule has 1 saturated carbocycles. The van der Waals surface area contributed by atoms with Crippen molar-refractivity contribution in [2.75, 3.05) is 38.6 Å². The predicted molar refractivity (Wildman–Crippen MR) is 66.4 cm³/mol. The number of hydrogen-bond acceptors (Lipinski definition) is 4. The molecule has 1 heterocycles. The standard InChI is InChI=1S/C11H22N2O3S/c14-17(15,13-6-8-16-9-7-13)10-2-1-5-12-11-3-4-11/h11-12H,1-10H2. The van der Waals surface area contributed by atoms with Gasteiger partial charge in [-0.25, -0.2) is 8.42 Å². The molecule has 1 saturated heterocycles. The van der Waals surface area contributed by atoms with Crippen LogP contribution in [0, 0.1) is 0 Å². The highest BCUT2D eigenvalue weighted by atomic mass is 32.2. The van der Waals surface area contributed by atoms with Crippen LogP contribution in [0.4, 0.5) is 0 Å². The fraction of sp³-hybridized carbons (Fsp3) is 1.00. The fourth-order valence-electron chi connectivity index (χ4n) is 1.96. The zero-order valence-corrected chi connectivity index (χ0v) is 11.0. The molecule has 0 bridgehead atoms. The van der Waals surface area contributed by atoms with Crippen LogP contribution in [0.2, 0.25) is 0 Å². The van der Waals surface area contributed by atoms with Gasteiger partial charge in [0.1, 0.15) is 0 Å². The maximum Gasteiger partial charge on any atom is 0.214 e. The van der Waals surface area contributed by atoms with Crippen LogP contribution >= 0.6 is 0 Å². The van der Waals surface area contributed by atoms with E-state index in [1.807, 2.05) is 0 Å². The first-order valence-electron chi connectivity index (χ1n) is 6.47. The summed E-state index contributed by atoms with van der Waals surface area (Å²) < 4.78 is 30.6. The van der Waals surface area contributed by atoms with E-state index in [2.05, 4.69) is 5.32 Å². The summed E-state index contributed by atoms with van der Waals surface area (Å²) >= 11 is 0. The lowest BCUT2D eigenvalue weighted by Crippen LogP contribution is -2.41. The number of morpholine rings is 1. The van der Waals surface area contributed by atoms with Gasteiger partial charge >= 0.3 is 0 Å². The second-order valence-corrected chi connectivity index (χ2v) is 6.85. The van der Waals surface area contributed by atoms with Crippen molar-refractivity contribution in [2.45, 2.75) is 31.7 Å². The van der Waals surface area contributed by atoms with Crippen molar-refractivity contribution in [1.29, 1.82) is 0 Å². The highest BCUT2D eigenvalue weighted by molar-refractivity contribution is 7.89. The monoisotopic (exact) mass is 262 g/mol. The molecular formula is C11H22N2O3S. The van der Waals surface area contributed by atoms with Crippen LogP contribution in [-0.2, 0) is 14.8 Å². The van der Waals surface area contributed by atoms with Crippen LogP contribution in [0.5, 0.6) is 0 Å². The largest absolute Gasteiger partial charge is 0.379 e. The molecule has 2 rings (SSSR count). The van der Waals surface area contributed by atoms with Crippen LogP contribution in [0.3, 0.4) is 0 Å². The van der Waals surface area contributed by atoms with Crippen molar-refractivity contribution >= 4 is 10.0 Å². The van der Waals surface area contributed by atoms with Crippen molar-refractivity contribution in [3.05, 3.63) is 0 Å². The Kier molecular flexibility index (Phi) is 4.78. The van der Waals surface area contributed by atoms with Gasteiger partial charge in [-0.2, -0.15) is 4.31 Å². The number of unbranched alkanes of at least 4 members (excludes halogenated alkanes) is 1. The molecule has 0 spiro atoms. The normalized spacial score (nSPS) is 22.8. The first-order valence-corrected chi connectivity index (χ1v) is 8.08. The molecule has 100 valence electrons. The van der Waals surface area contributed by atoms with Crippen molar-refractivity contribution in [3.63, 3.8) is 0 Å². The Morgan fingerprint density at radius 1 is 1.18 bits per heavy atom. The number of nitrogens with zero attached hydrogens (tertiary/aromatic N) is 1. The van der Waals surface area contributed by atoms with Crippen molar-refractivity contribution in [2.24, 2.45) is 0 Å². The van der Waals surface area contributed by atoms with Gasteiger partial charge in [-0.3, -0.25) is 0 Å². The third-order valence-electron chi connectivity index (χ3n) is 3.20. The molecule has 17 heavy (non-hydrogen) atoms. The molecule has 1 N–H and O–H groups in total. The number of ether oxygens (including phenoxy) is 1. The molecule has 0 unspecified atom stereocenters. The van der Waals surface area contributed by atoms with Gasteiger partial charge in [-0.05, 0) is 32.2 Å². The third-order valence-corrected chi connectivity index (χ3v) is 5.16. The van der Waals surface area contributed by atoms with E-state index in [0.29, 0.717) is 32.3 Å². The minimum absolute atomic E-state index is 0.277. The van der Waals surface area contributed by atoms with Gasteiger partial charge < -0.3 is 10.1 Å². The molecule has 1 aliphatic carbocycles. The average Bonchev–Trinajstić information content (AvgIpc) is 3.14. The molecule has 2 fully saturated rings. The Morgan fingerprint density at radius 3 is 2.53 bits per heavy atom. The highest BCUT2D eigenvalue weighted by Crippen LogP contribution is 2.18. The highest BCUT2D eigenvalue weighted by Gasteiger charge is 2.24. The van der Waals surface area contributed by atoms with E-state index < -0.39 is 10.0 Å². The first kappa shape index (κ1) is 13.3. The number of rotatable bonds is 7. The SMILES string of the molecule is O=S(=O)(CCCCNC1CC1)N1CCOCC1. The Labute approximate surface area is 104 Å². The lowest BCUT2D eigenvalue weighted by atomic mass is 10.3.